The smallest absolute Gasteiger partial charge is 0.330 e. The lowest BCUT2D eigenvalue weighted by molar-refractivity contribution is -0.148. The summed E-state index contributed by atoms with van der Waals surface area (Å²) in [5.74, 6) is -0.958. The third-order valence-corrected chi connectivity index (χ3v) is 2.34. The summed E-state index contributed by atoms with van der Waals surface area (Å²) in [6, 6.07) is 0. The number of hydrogen-bond acceptors (Lipinski definition) is 6. The van der Waals surface area contributed by atoms with Gasteiger partial charge in [-0.2, -0.15) is 0 Å². The van der Waals surface area contributed by atoms with Crippen molar-refractivity contribution >= 4 is 11.9 Å². The molecule has 0 rings (SSSR count). The molecule has 6 heteroatoms. The lowest BCUT2D eigenvalue weighted by Crippen LogP contribution is -2.27. The van der Waals surface area contributed by atoms with E-state index in [1.54, 1.807) is 13.8 Å². The number of carbonyl (C=O) groups excluding carboxylic acids is 2. The van der Waals surface area contributed by atoms with Gasteiger partial charge < -0.3 is 18.9 Å². The Balaban J connectivity index is 3.76. The number of esters is 2. The van der Waals surface area contributed by atoms with Crippen molar-refractivity contribution in [1.29, 1.82) is 0 Å². The Morgan fingerprint density at radius 3 is 1.86 bits per heavy atom. The van der Waals surface area contributed by atoms with Crippen LogP contribution in [0.3, 0.4) is 0 Å². The minimum atomic E-state index is -0.479. The van der Waals surface area contributed by atoms with Crippen LogP contribution < -0.4 is 0 Å². The molecule has 21 heavy (non-hydrogen) atoms. The third-order valence-electron chi connectivity index (χ3n) is 2.34. The summed E-state index contributed by atoms with van der Waals surface area (Å²) in [4.78, 5) is 21.8. The summed E-state index contributed by atoms with van der Waals surface area (Å²) in [5, 5.41) is 0. The minimum Gasteiger partial charge on any atom is -0.460 e. The van der Waals surface area contributed by atoms with Crippen LogP contribution in [0.25, 0.3) is 0 Å². The summed E-state index contributed by atoms with van der Waals surface area (Å²) in [5.41, 5.74) is 0. The van der Waals surface area contributed by atoms with Crippen molar-refractivity contribution in [2.24, 2.45) is 0 Å². The van der Waals surface area contributed by atoms with Crippen molar-refractivity contribution in [3.8, 4) is 0 Å². The molecule has 0 N–H and O–H groups in total. The highest BCUT2D eigenvalue weighted by Gasteiger charge is 2.12. The van der Waals surface area contributed by atoms with Crippen LogP contribution in [0.2, 0.25) is 0 Å². The van der Waals surface area contributed by atoms with E-state index >= 15 is 0 Å². The van der Waals surface area contributed by atoms with Crippen LogP contribution in [-0.4, -0.2) is 50.1 Å². The normalized spacial score (nSPS) is 14.6. The fraction of sp³-hybridized carbons (Fsp3) is 0.600. The second kappa shape index (κ2) is 11.0. The molecule has 0 bridgehead atoms. The molecule has 0 fully saturated rings. The van der Waals surface area contributed by atoms with E-state index < -0.39 is 11.9 Å². The Bertz CT molecular complexity index is 352. The number of rotatable bonds is 11. The molecular formula is C15H24O6. The van der Waals surface area contributed by atoms with Gasteiger partial charge in [-0.05, 0) is 20.8 Å². The Kier molecular flexibility index (Phi) is 10.2. The van der Waals surface area contributed by atoms with Gasteiger partial charge in [0.2, 0.25) is 0 Å². The zero-order valence-electron chi connectivity index (χ0n) is 12.9. The second-order valence-electron chi connectivity index (χ2n) is 4.57. The molecule has 0 aliphatic rings. The molecule has 120 valence electrons. The SMILES string of the molecule is C=CC(=O)OC[C@H](C)OC[C@H](C)OC[C@@H](C)OC(=O)C=C. The van der Waals surface area contributed by atoms with E-state index in [1.165, 1.54) is 0 Å². The Hall–Kier alpha value is -1.66. The molecule has 0 aromatic carbocycles. The lowest BCUT2D eigenvalue weighted by Gasteiger charge is -2.19. The molecular weight excluding hydrogens is 276 g/mol. The highest BCUT2D eigenvalue weighted by atomic mass is 16.6. The van der Waals surface area contributed by atoms with Gasteiger partial charge in [0.05, 0.1) is 25.4 Å². The predicted molar refractivity (Wildman–Crippen MR) is 77.7 cm³/mol. The quantitative estimate of drug-likeness (QED) is 0.427. The highest BCUT2D eigenvalue weighted by molar-refractivity contribution is 5.81. The van der Waals surface area contributed by atoms with Gasteiger partial charge in [0.1, 0.15) is 12.7 Å². The molecule has 0 aliphatic heterocycles. The maximum absolute atomic E-state index is 11.0. The van der Waals surface area contributed by atoms with Gasteiger partial charge in [-0.15, -0.1) is 0 Å². The standard InChI is InChI=1S/C15H24O6/c1-6-14(16)20-9-12(4)18-8-11(3)19-10-13(5)21-15(17)7-2/h6-7,11-13H,1-2,8-10H2,3-5H3/t11-,12-,13+/m0/s1. The number of ether oxygens (including phenoxy) is 4. The summed E-state index contributed by atoms with van der Waals surface area (Å²) < 4.78 is 20.8. The Morgan fingerprint density at radius 2 is 1.33 bits per heavy atom. The zero-order chi connectivity index (χ0) is 16.3. The van der Waals surface area contributed by atoms with Gasteiger partial charge in [0.25, 0.3) is 0 Å². The molecule has 0 heterocycles. The summed E-state index contributed by atoms with van der Waals surface area (Å²) in [7, 11) is 0. The predicted octanol–water partition coefficient (Wildman–Crippen LogP) is 1.64. The molecule has 3 atom stereocenters. The maximum Gasteiger partial charge on any atom is 0.330 e. The van der Waals surface area contributed by atoms with Crippen molar-refractivity contribution < 1.29 is 28.5 Å². The molecule has 0 radical (unpaired) electrons. The molecule has 0 amide bonds. The third kappa shape index (κ3) is 10.8. The van der Waals surface area contributed by atoms with E-state index in [0.29, 0.717) is 6.61 Å². The van der Waals surface area contributed by atoms with Crippen LogP contribution in [0.4, 0.5) is 0 Å². The second-order valence-corrected chi connectivity index (χ2v) is 4.57. The summed E-state index contributed by atoms with van der Waals surface area (Å²) >= 11 is 0. The number of hydrogen-bond donors (Lipinski definition) is 0. The van der Waals surface area contributed by atoms with E-state index in [4.69, 9.17) is 18.9 Å². The van der Waals surface area contributed by atoms with Crippen molar-refractivity contribution in [3.05, 3.63) is 25.3 Å². The topological polar surface area (TPSA) is 71.1 Å². The summed E-state index contributed by atoms with van der Waals surface area (Å²) in [6.45, 7) is 12.7. The Morgan fingerprint density at radius 1 is 0.857 bits per heavy atom. The van der Waals surface area contributed by atoms with Crippen molar-refractivity contribution in [1.82, 2.24) is 0 Å². The first-order valence-corrected chi connectivity index (χ1v) is 6.74. The van der Waals surface area contributed by atoms with Crippen LogP contribution >= 0.6 is 0 Å². The van der Waals surface area contributed by atoms with Crippen LogP contribution in [0, 0.1) is 0 Å². The first-order chi connectivity index (χ1) is 9.88. The Labute approximate surface area is 125 Å². The maximum atomic E-state index is 11.0. The van der Waals surface area contributed by atoms with Gasteiger partial charge >= 0.3 is 11.9 Å². The van der Waals surface area contributed by atoms with Gasteiger partial charge in [-0.3, -0.25) is 0 Å². The fourth-order valence-corrected chi connectivity index (χ4v) is 1.23. The van der Waals surface area contributed by atoms with Crippen LogP contribution in [0.1, 0.15) is 20.8 Å². The van der Waals surface area contributed by atoms with Crippen molar-refractivity contribution in [3.63, 3.8) is 0 Å². The van der Waals surface area contributed by atoms with Crippen molar-refractivity contribution in [2.45, 2.75) is 39.1 Å². The fourth-order valence-electron chi connectivity index (χ4n) is 1.23. The molecule has 0 aromatic rings. The van der Waals surface area contributed by atoms with Crippen molar-refractivity contribution in [2.75, 3.05) is 19.8 Å². The first kappa shape index (κ1) is 19.3. The highest BCUT2D eigenvalue weighted by Crippen LogP contribution is 2.01. The molecule has 0 aliphatic carbocycles. The minimum absolute atomic E-state index is 0.158. The van der Waals surface area contributed by atoms with E-state index in [1.807, 2.05) is 6.92 Å². The zero-order valence-corrected chi connectivity index (χ0v) is 12.9. The lowest BCUT2D eigenvalue weighted by atomic mass is 10.4. The molecule has 0 saturated heterocycles. The molecule has 0 saturated carbocycles. The van der Waals surface area contributed by atoms with Crippen LogP contribution in [0.5, 0.6) is 0 Å². The summed E-state index contributed by atoms with van der Waals surface area (Å²) in [6.07, 6.45) is 1.44. The van der Waals surface area contributed by atoms with E-state index in [-0.39, 0.29) is 31.5 Å². The monoisotopic (exact) mass is 300 g/mol. The van der Waals surface area contributed by atoms with Crippen LogP contribution in [0.15, 0.2) is 25.3 Å². The molecule has 6 nitrogen and oxygen atoms in total. The van der Waals surface area contributed by atoms with Gasteiger partial charge in [-0.1, -0.05) is 13.2 Å². The molecule has 0 unspecified atom stereocenters. The van der Waals surface area contributed by atoms with Gasteiger partial charge in [-0.25, -0.2) is 9.59 Å². The molecule has 0 spiro atoms. The van der Waals surface area contributed by atoms with Crippen LogP contribution in [-0.2, 0) is 28.5 Å². The molecule has 0 aromatic heterocycles. The van der Waals surface area contributed by atoms with E-state index in [9.17, 15) is 9.59 Å². The average molecular weight is 300 g/mol. The van der Waals surface area contributed by atoms with E-state index in [2.05, 4.69) is 13.2 Å². The van der Waals surface area contributed by atoms with E-state index in [0.717, 1.165) is 12.2 Å². The number of carbonyl (C=O) groups is 2. The van der Waals surface area contributed by atoms with Gasteiger partial charge in [0.15, 0.2) is 0 Å². The average Bonchev–Trinajstić information content (AvgIpc) is 2.47. The largest absolute Gasteiger partial charge is 0.460 e. The first-order valence-electron chi connectivity index (χ1n) is 6.74. The van der Waals surface area contributed by atoms with Gasteiger partial charge in [0, 0.05) is 12.2 Å².